The van der Waals surface area contributed by atoms with Crippen LogP contribution < -0.4 is 11.1 Å². The van der Waals surface area contributed by atoms with E-state index < -0.39 is 5.54 Å². The molecule has 3 N–H and O–H groups in total. The Kier molecular flexibility index (Phi) is 5.51. The van der Waals surface area contributed by atoms with Crippen LogP contribution in [0.5, 0.6) is 0 Å². The van der Waals surface area contributed by atoms with Crippen molar-refractivity contribution >= 4 is 17.6 Å². The van der Waals surface area contributed by atoms with E-state index in [1.165, 1.54) is 6.42 Å². The molecule has 0 bridgehead atoms. The molecule has 142 valence electrons. The Morgan fingerprint density at radius 3 is 2.12 bits per heavy atom. The molecule has 1 aromatic rings. The number of benzene rings is 1. The van der Waals surface area contributed by atoms with Gasteiger partial charge in [-0.3, -0.25) is 9.69 Å². The molecule has 0 radical (unpaired) electrons. The number of aryl methyl sites for hydroxylation is 2. The van der Waals surface area contributed by atoms with Gasteiger partial charge in [0.15, 0.2) is 0 Å². The van der Waals surface area contributed by atoms with Crippen molar-refractivity contribution in [2.45, 2.75) is 51.5 Å². The lowest BCUT2D eigenvalue weighted by Crippen LogP contribution is -2.64. The van der Waals surface area contributed by atoms with Crippen LogP contribution in [0.2, 0.25) is 0 Å². The number of carbonyl (C=O) groups is 2. The van der Waals surface area contributed by atoms with E-state index in [4.69, 9.17) is 5.73 Å². The Morgan fingerprint density at radius 1 is 1.00 bits per heavy atom. The molecule has 2 fully saturated rings. The maximum atomic E-state index is 12.7. The van der Waals surface area contributed by atoms with Gasteiger partial charge in [0.25, 0.3) is 0 Å². The van der Waals surface area contributed by atoms with Gasteiger partial charge in [0.1, 0.15) is 5.54 Å². The highest BCUT2D eigenvalue weighted by Crippen LogP contribution is 2.32. The first kappa shape index (κ1) is 18.7. The molecule has 0 saturated carbocycles. The van der Waals surface area contributed by atoms with Crippen molar-refractivity contribution in [3.8, 4) is 0 Å². The fraction of sp³-hybridized carbons (Fsp3) is 0.600. The lowest BCUT2D eigenvalue weighted by atomic mass is 9.83. The SMILES string of the molecule is Cc1cccc(C)c1NC(=O)N1CCC(C(N)=O)(N2CCCCC2)CC1. The first-order valence-electron chi connectivity index (χ1n) is 9.61. The smallest absolute Gasteiger partial charge is 0.321 e. The molecule has 3 rings (SSSR count). The van der Waals surface area contributed by atoms with E-state index in [2.05, 4.69) is 10.2 Å². The summed E-state index contributed by atoms with van der Waals surface area (Å²) in [4.78, 5) is 29.1. The minimum absolute atomic E-state index is 0.0980. The third-order valence-corrected chi connectivity index (χ3v) is 6.01. The number of amides is 3. The van der Waals surface area contributed by atoms with E-state index in [1.807, 2.05) is 32.0 Å². The monoisotopic (exact) mass is 358 g/mol. The lowest BCUT2D eigenvalue weighted by Gasteiger charge is -2.48. The van der Waals surface area contributed by atoms with Gasteiger partial charge in [-0.05, 0) is 63.7 Å². The summed E-state index contributed by atoms with van der Waals surface area (Å²) in [5.74, 6) is -0.241. The molecule has 2 saturated heterocycles. The molecule has 0 unspecified atom stereocenters. The number of primary amides is 1. The van der Waals surface area contributed by atoms with Gasteiger partial charge < -0.3 is 16.0 Å². The van der Waals surface area contributed by atoms with Gasteiger partial charge in [-0.25, -0.2) is 4.79 Å². The Balaban J connectivity index is 1.66. The average Bonchev–Trinajstić information content (AvgIpc) is 2.65. The Labute approximate surface area is 155 Å². The number of piperidine rings is 2. The number of hydrogen-bond acceptors (Lipinski definition) is 3. The van der Waals surface area contributed by atoms with Crippen LogP contribution in [0.15, 0.2) is 18.2 Å². The molecule has 26 heavy (non-hydrogen) atoms. The van der Waals surface area contributed by atoms with Crippen molar-refractivity contribution in [1.82, 2.24) is 9.80 Å². The van der Waals surface area contributed by atoms with Gasteiger partial charge in [0.2, 0.25) is 5.91 Å². The quantitative estimate of drug-likeness (QED) is 0.872. The molecule has 0 aliphatic carbocycles. The summed E-state index contributed by atoms with van der Waals surface area (Å²) < 4.78 is 0. The second-order valence-electron chi connectivity index (χ2n) is 7.63. The second kappa shape index (κ2) is 7.66. The molecule has 2 aliphatic heterocycles. The average molecular weight is 358 g/mol. The summed E-state index contributed by atoms with van der Waals surface area (Å²) in [6, 6.07) is 5.88. The molecule has 6 heteroatoms. The standard InChI is InChI=1S/C20H30N4O2/c1-15-7-6-8-16(2)17(15)22-19(26)23-13-9-20(10-14-23,18(21)25)24-11-4-3-5-12-24/h6-8H,3-5,9-14H2,1-2H3,(H2,21,25)(H,22,26). The van der Waals surface area contributed by atoms with Gasteiger partial charge >= 0.3 is 6.03 Å². The van der Waals surface area contributed by atoms with E-state index in [-0.39, 0.29) is 11.9 Å². The molecular formula is C20H30N4O2. The zero-order chi connectivity index (χ0) is 18.7. The predicted octanol–water partition coefficient (Wildman–Crippen LogP) is 2.64. The molecule has 6 nitrogen and oxygen atoms in total. The van der Waals surface area contributed by atoms with Crippen molar-refractivity contribution < 1.29 is 9.59 Å². The number of anilines is 1. The van der Waals surface area contributed by atoms with Crippen molar-refractivity contribution in [2.24, 2.45) is 5.73 Å². The topological polar surface area (TPSA) is 78.7 Å². The lowest BCUT2D eigenvalue weighted by molar-refractivity contribution is -0.134. The molecular weight excluding hydrogens is 328 g/mol. The maximum Gasteiger partial charge on any atom is 0.321 e. The zero-order valence-electron chi connectivity index (χ0n) is 15.9. The van der Waals surface area contributed by atoms with Gasteiger partial charge in [-0.2, -0.15) is 0 Å². The van der Waals surface area contributed by atoms with Crippen molar-refractivity contribution in [2.75, 3.05) is 31.5 Å². The maximum absolute atomic E-state index is 12.7. The molecule has 0 atom stereocenters. The van der Waals surface area contributed by atoms with Crippen molar-refractivity contribution in [3.05, 3.63) is 29.3 Å². The van der Waals surface area contributed by atoms with E-state index in [9.17, 15) is 9.59 Å². The number of nitrogens with one attached hydrogen (secondary N) is 1. The first-order chi connectivity index (χ1) is 12.4. The highest BCUT2D eigenvalue weighted by Gasteiger charge is 2.45. The fourth-order valence-corrected chi connectivity index (χ4v) is 4.32. The van der Waals surface area contributed by atoms with Crippen molar-refractivity contribution in [3.63, 3.8) is 0 Å². The van der Waals surface area contributed by atoms with Crippen LogP contribution in [0.25, 0.3) is 0 Å². The normalized spacial score (nSPS) is 20.6. The van der Waals surface area contributed by atoms with Gasteiger partial charge in [0, 0.05) is 18.8 Å². The Bertz CT molecular complexity index is 654. The number of hydrogen-bond donors (Lipinski definition) is 2. The molecule has 3 amide bonds. The molecule has 0 spiro atoms. The van der Waals surface area contributed by atoms with Gasteiger partial charge in [-0.1, -0.05) is 24.6 Å². The summed E-state index contributed by atoms with van der Waals surface area (Å²) in [6.07, 6.45) is 4.68. The summed E-state index contributed by atoms with van der Waals surface area (Å²) in [5.41, 5.74) is 8.21. The number of likely N-dealkylation sites (tertiary alicyclic amines) is 2. The van der Waals surface area contributed by atoms with Crippen LogP contribution in [0, 0.1) is 13.8 Å². The van der Waals surface area contributed by atoms with Crippen LogP contribution in [-0.4, -0.2) is 53.5 Å². The third kappa shape index (κ3) is 3.56. The van der Waals surface area contributed by atoms with E-state index in [1.54, 1.807) is 4.90 Å². The number of rotatable bonds is 3. The summed E-state index contributed by atoms with van der Waals surface area (Å²) in [5, 5.41) is 3.04. The van der Waals surface area contributed by atoms with E-state index >= 15 is 0 Å². The van der Waals surface area contributed by atoms with E-state index in [0.717, 1.165) is 42.7 Å². The van der Waals surface area contributed by atoms with Crippen LogP contribution in [0.1, 0.15) is 43.2 Å². The summed E-state index contributed by atoms with van der Waals surface area (Å²) in [6.45, 7) is 6.95. The highest BCUT2D eigenvalue weighted by atomic mass is 16.2. The van der Waals surface area contributed by atoms with Crippen LogP contribution >= 0.6 is 0 Å². The molecule has 1 aromatic carbocycles. The third-order valence-electron chi connectivity index (χ3n) is 6.01. The predicted molar refractivity (Wildman–Crippen MR) is 103 cm³/mol. The van der Waals surface area contributed by atoms with E-state index in [0.29, 0.717) is 25.9 Å². The largest absolute Gasteiger partial charge is 0.368 e. The van der Waals surface area contributed by atoms with Crippen molar-refractivity contribution in [1.29, 1.82) is 0 Å². The number of urea groups is 1. The highest BCUT2D eigenvalue weighted by molar-refractivity contribution is 5.91. The number of nitrogens with zero attached hydrogens (tertiary/aromatic N) is 2. The molecule has 2 heterocycles. The van der Waals surface area contributed by atoms with Gasteiger partial charge in [0.05, 0.1) is 0 Å². The molecule has 2 aliphatic rings. The summed E-state index contributed by atoms with van der Waals surface area (Å²) in [7, 11) is 0. The number of para-hydroxylation sites is 1. The van der Waals surface area contributed by atoms with Crippen LogP contribution in [0.3, 0.4) is 0 Å². The zero-order valence-corrected chi connectivity index (χ0v) is 15.9. The summed E-state index contributed by atoms with van der Waals surface area (Å²) >= 11 is 0. The second-order valence-corrected chi connectivity index (χ2v) is 7.63. The van der Waals surface area contributed by atoms with Crippen LogP contribution in [0.4, 0.5) is 10.5 Å². The Hall–Kier alpha value is -2.08. The minimum Gasteiger partial charge on any atom is -0.368 e. The number of carbonyl (C=O) groups excluding carboxylic acids is 2. The minimum atomic E-state index is -0.588. The Morgan fingerprint density at radius 2 is 1.58 bits per heavy atom. The van der Waals surface area contributed by atoms with Gasteiger partial charge in [-0.15, -0.1) is 0 Å². The van der Waals surface area contributed by atoms with Crippen LogP contribution in [-0.2, 0) is 4.79 Å². The molecule has 0 aromatic heterocycles. The fourth-order valence-electron chi connectivity index (χ4n) is 4.32. The number of nitrogens with two attached hydrogens (primary N) is 1. The first-order valence-corrected chi connectivity index (χ1v) is 9.61.